The van der Waals surface area contributed by atoms with Gasteiger partial charge in [-0.2, -0.15) is 18.3 Å². The van der Waals surface area contributed by atoms with E-state index in [1.807, 2.05) is 43.3 Å². The third-order valence-electron chi connectivity index (χ3n) is 5.29. The summed E-state index contributed by atoms with van der Waals surface area (Å²) in [6, 6.07) is 17.7. The fourth-order valence-electron chi connectivity index (χ4n) is 3.70. The van der Waals surface area contributed by atoms with Gasteiger partial charge < -0.3 is 5.32 Å². The standard InChI is InChI=1S/C25H18F3N5OS/c1-15-4-2-7-23(30-15)33-21(16-8-9-20-22(10-16)35-14-29-20)12-19(32-33)13-24(34)31-18-6-3-5-17(11-18)25(26,27)28/h2-12,14H,13H2,1H3,(H,31,34). The number of hydrogen-bond acceptors (Lipinski definition) is 5. The number of anilines is 1. The van der Waals surface area contributed by atoms with Crippen LogP contribution in [-0.2, 0) is 17.4 Å². The number of halogens is 3. The molecule has 0 bridgehead atoms. The molecule has 0 atom stereocenters. The molecule has 0 aliphatic rings. The van der Waals surface area contributed by atoms with Crippen LogP contribution in [0.1, 0.15) is 17.0 Å². The number of fused-ring (bicyclic) bond motifs is 1. The minimum absolute atomic E-state index is 0.0699. The number of rotatable bonds is 5. The third-order valence-corrected chi connectivity index (χ3v) is 6.08. The molecule has 0 unspecified atom stereocenters. The average Bonchev–Trinajstić information content (AvgIpc) is 3.45. The number of hydrogen-bond donors (Lipinski definition) is 1. The lowest BCUT2D eigenvalue weighted by Gasteiger charge is -2.09. The Hall–Kier alpha value is -4.05. The molecule has 0 spiro atoms. The van der Waals surface area contributed by atoms with Crippen molar-refractivity contribution in [1.29, 1.82) is 0 Å². The molecule has 2 aromatic carbocycles. The van der Waals surface area contributed by atoms with Crippen LogP contribution < -0.4 is 5.32 Å². The molecule has 0 aliphatic heterocycles. The first kappa shape index (κ1) is 22.7. The Morgan fingerprint density at radius 3 is 2.69 bits per heavy atom. The molecule has 5 rings (SSSR count). The predicted octanol–water partition coefficient (Wildman–Crippen LogP) is 6.05. The van der Waals surface area contributed by atoms with Crippen molar-refractivity contribution in [3.05, 3.63) is 89.2 Å². The van der Waals surface area contributed by atoms with Crippen LogP contribution in [0.25, 0.3) is 27.3 Å². The van der Waals surface area contributed by atoms with Crippen LogP contribution in [0.15, 0.2) is 72.2 Å². The number of nitrogens with zero attached hydrogens (tertiary/aromatic N) is 4. The molecule has 0 saturated heterocycles. The summed E-state index contributed by atoms with van der Waals surface area (Å²) in [4.78, 5) is 21.5. The molecule has 0 aliphatic carbocycles. The Morgan fingerprint density at radius 2 is 1.89 bits per heavy atom. The SMILES string of the molecule is Cc1cccc(-n2nc(CC(=O)Nc3cccc(C(F)(F)F)c3)cc2-c2ccc3ncsc3c2)n1. The second-order valence-corrected chi connectivity index (χ2v) is 8.79. The van der Waals surface area contributed by atoms with Gasteiger partial charge >= 0.3 is 6.18 Å². The summed E-state index contributed by atoms with van der Waals surface area (Å²) < 4.78 is 41.7. The minimum atomic E-state index is -4.49. The maximum absolute atomic E-state index is 13.0. The van der Waals surface area contributed by atoms with Gasteiger partial charge in [0.15, 0.2) is 5.82 Å². The molecule has 35 heavy (non-hydrogen) atoms. The van der Waals surface area contributed by atoms with Gasteiger partial charge in [-0.15, -0.1) is 11.3 Å². The lowest BCUT2D eigenvalue weighted by molar-refractivity contribution is -0.137. The largest absolute Gasteiger partial charge is 0.416 e. The Bertz CT molecular complexity index is 1540. The first-order chi connectivity index (χ1) is 16.8. The van der Waals surface area contributed by atoms with Gasteiger partial charge in [-0.25, -0.2) is 14.6 Å². The molecular weight excluding hydrogens is 475 g/mol. The van der Waals surface area contributed by atoms with E-state index in [1.165, 1.54) is 23.5 Å². The van der Waals surface area contributed by atoms with Crippen LogP contribution in [0.4, 0.5) is 18.9 Å². The molecule has 0 saturated carbocycles. The summed E-state index contributed by atoms with van der Waals surface area (Å²) in [5.41, 5.74) is 4.79. The molecular formula is C25H18F3N5OS. The van der Waals surface area contributed by atoms with Crippen molar-refractivity contribution in [2.45, 2.75) is 19.5 Å². The zero-order chi connectivity index (χ0) is 24.6. The number of alkyl halides is 3. The van der Waals surface area contributed by atoms with Crippen molar-refractivity contribution in [1.82, 2.24) is 19.7 Å². The number of carbonyl (C=O) groups is 1. The summed E-state index contributed by atoms with van der Waals surface area (Å²) in [7, 11) is 0. The number of nitrogens with one attached hydrogen (secondary N) is 1. The van der Waals surface area contributed by atoms with Gasteiger partial charge in [0, 0.05) is 16.9 Å². The monoisotopic (exact) mass is 493 g/mol. The van der Waals surface area contributed by atoms with Crippen molar-refractivity contribution in [3.8, 4) is 17.1 Å². The van der Waals surface area contributed by atoms with Crippen LogP contribution in [0.2, 0.25) is 0 Å². The lowest BCUT2D eigenvalue weighted by atomic mass is 10.1. The number of carbonyl (C=O) groups excluding carboxylic acids is 1. The van der Waals surface area contributed by atoms with Crippen LogP contribution in [0.3, 0.4) is 0 Å². The van der Waals surface area contributed by atoms with E-state index in [4.69, 9.17) is 0 Å². The van der Waals surface area contributed by atoms with Crippen LogP contribution >= 0.6 is 11.3 Å². The van der Waals surface area contributed by atoms with Crippen LogP contribution in [0, 0.1) is 6.92 Å². The average molecular weight is 494 g/mol. The molecule has 6 nitrogen and oxygen atoms in total. The highest BCUT2D eigenvalue weighted by Gasteiger charge is 2.30. The van der Waals surface area contributed by atoms with Gasteiger partial charge in [-0.05, 0) is 55.5 Å². The summed E-state index contributed by atoms with van der Waals surface area (Å²) >= 11 is 1.52. The highest BCUT2D eigenvalue weighted by molar-refractivity contribution is 7.16. The van der Waals surface area contributed by atoms with E-state index >= 15 is 0 Å². The maximum atomic E-state index is 13.0. The fraction of sp³-hybridized carbons (Fsp3) is 0.120. The molecule has 3 aromatic heterocycles. The second-order valence-electron chi connectivity index (χ2n) is 7.91. The van der Waals surface area contributed by atoms with E-state index < -0.39 is 17.6 Å². The lowest BCUT2D eigenvalue weighted by Crippen LogP contribution is -2.15. The van der Waals surface area contributed by atoms with Crippen molar-refractivity contribution < 1.29 is 18.0 Å². The number of pyridine rings is 1. The highest BCUT2D eigenvalue weighted by Crippen LogP contribution is 2.31. The van der Waals surface area contributed by atoms with Crippen molar-refractivity contribution in [3.63, 3.8) is 0 Å². The van der Waals surface area contributed by atoms with E-state index in [-0.39, 0.29) is 12.1 Å². The van der Waals surface area contributed by atoms with Gasteiger partial charge in [0.05, 0.1) is 39.1 Å². The first-order valence-corrected chi connectivity index (χ1v) is 11.5. The molecule has 1 N–H and O–H groups in total. The van der Waals surface area contributed by atoms with Crippen LogP contribution in [0.5, 0.6) is 0 Å². The molecule has 1 amide bonds. The van der Waals surface area contributed by atoms with Gasteiger partial charge in [0.2, 0.25) is 5.91 Å². The number of aromatic nitrogens is 4. The van der Waals surface area contributed by atoms with Crippen LogP contribution in [-0.4, -0.2) is 25.7 Å². The Balaban J connectivity index is 1.47. The fourth-order valence-corrected chi connectivity index (χ4v) is 4.42. The number of benzene rings is 2. The van der Waals surface area contributed by atoms with E-state index in [0.717, 1.165) is 39.3 Å². The zero-order valence-corrected chi connectivity index (χ0v) is 19.2. The van der Waals surface area contributed by atoms with Crippen molar-refractivity contribution >= 4 is 33.1 Å². The summed E-state index contributed by atoms with van der Waals surface area (Å²) in [5.74, 6) is 0.115. The van der Waals surface area contributed by atoms with Gasteiger partial charge in [-0.1, -0.05) is 18.2 Å². The van der Waals surface area contributed by atoms with E-state index in [0.29, 0.717) is 11.5 Å². The summed E-state index contributed by atoms with van der Waals surface area (Å²) in [6.07, 6.45) is -4.61. The molecule has 10 heteroatoms. The topological polar surface area (TPSA) is 72.7 Å². The van der Waals surface area contributed by atoms with E-state index in [2.05, 4.69) is 20.4 Å². The zero-order valence-electron chi connectivity index (χ0n) is 18.4. The van der Waals surface area contributed by atoms with Crippen molar-refractivity contribution in [2.75, 3.05) is 5.32 Å². The van der Waals surface area contributed by atoms with Crippen molar-refractivity contribution in [2.24, 2.45) is 0 Å². The Kier molecular flexibility index (Phi) is 5.81. The van der Waals surface area contributed by atoms with Gasteiger partial charge in [0.1, 0.15) is 0 Å². The minimum Gasteiger partial charge on any atom is -0.326 e. The van der Waals surface area contributed by atoms with Gasteiger partial charge in [-0.3, -0.25) is 4.79 Å². The normalized spacial score (nSPS) is 11.7. The smallest absolute Gasteiger partial charge is 0.326 e. The molecule has 0 fully saturated rings. The molecule has 0 radical (unpaired) electrons. The molecule has 176 valence electrons. The van der Waals surface area contributed by atoms with E-state index in [1.54, 1.807) is 16.3 Å². The number of thiazole rings is 1. The van der Waals surface area contributed by atoms with E-state index in [9.17, 15) is 18.0 Å². The summed E-state index contributed by atoms with van der Waals surface area (Å²) in [6.45, 7) is 1.87. The predicted molar refractivity (Wildman–Crippen MR) is 128 cm³/mol. The molecule has 3 heterocycles. The molecule has 5 aromatic rings. The quantitative estimate of drug-likeness (QED) is 0.323. The summed E-state index contributed by atoms with van der Waals surface area (Å²) in [5, 5.41) is 7.14. The Morgan fingerprint density at radius 1 is 1.06 bits per heavy atom. The Labute approximate surface area is 202 Å². The number of amides is 1. The second kappa shape index (κ2) is 8.95. The third kappa shape index (κ3) is 4.92. The van der Waals surface area contributed by atoms with Gasteiger partial charge in [0.25, 0.3) is 0 Å². The highest BCUT2D eigenvalue weighted by atomic mass is 32.1. The maximum Gasteiger partial charge on any atom is 0.416 e. The first-order valence-electron chi connectivity index (χ1n) is 10.6. The number of aryl methyl sites for hydroxylation is 1.